The van der Waals surface area contributed by atoms with E-state index in [1.165, 1.54) is 22.0 Å². The number of hydrogen-bond donors (Lipinski definition) is 1. The molecule has 104 valence electrons. The van der Waals surface area contributed by atoms with Gasteiger partial charge in [-0.3, -0.25) is 0 Å². The maximum atomic E-state index is 4.43. The molecule has 0 aliphatic heterocycles. The van der Waals surface area contributed by atoms with E-state index < -0.39 is 0 Å². The molecule has 3 nitrogen and oxygen atoms in total. The van der Waals surface area contributed by atoms with Crippen molar-refractivity contribution in [1.82, 2.24) is 15.3 Å². The van der Waals surface area contributed by atoms with Gasteiger partial charge in [0.25, 0.3) is 0 Å². The van der Waals surface area contributed by atoms with Crippen LogP contribution in [-0.2, 0) is 19.4 Å². The quantitative estimate of drug-likeness (QED) is 0.938. The number of aromatic nitrogens is 2. The number of nitrogens with one attached hydrogen (secondary N) is 1. The molecule has 1 aromatic heterocycles. The molecular formula is C16H18BrN3. The van der Waals surface area contributed by atoms with Crippen molar-refractivity contribution < 1.29 is 0 Å². The molecule has 3 rings (SSSR count). The van der Waals surface area contributed by atoms with Crippen LogP contribution in [0.1, 0.15) is 29.1 Å². The molecule has 1 N–H and O–H groups in total. The smallest absolute Gasteiger partial charge is 0.125 e. The highest BCUT2D eigenvalue weighted by molar-refractivity contribution is 9.10. The van der Waals surface area contributed by atoms with Gasteiger partial charge < -0.3 is 5.32 Å². The lowest BCUT2D eigenvalue weighted by Crippen LogP contribution is -2.34. The van der Waals surface area contributed by atoms with Crippen molar-refractivity contribution in [3.63, 3.8) is 0 Å². The van der Waals surface area contributed by atoms with Crippen LogP contribution < -0.4 is 5.32 Å². The Morgan fingerprint density at radius 2 is 2.20 bits per heavy atom. The van der Waals surface area contributed by atoms with Gasteiger partial charge in [-0.25, -0.2) is 9.97 Å². The first kappa shape index (κ1) is 13.7. The topological polar surface area (TPSA) is 37.8 Å². The van der Waals surface area contributed by atoms with Crippen LogP contribution in [0.3, 0.4) is 0 Å². The van der Waals surface area contributed by atoms with Crippen molar-refractivity contribution >= 4 is 15.9 Å². The van der Waals surface area contributed by atoms with Gasteiger partial charge in [0.1, 0.15) is 5.82 Å². The molecular weight excluding hydrogens is 314 g/mol. The van der Waals surface area contributed by atoms with Crippen molar-refractivity contribution in [2.75, 3.05) is 0 Å². The summed E-state index contributed by atoms with van der Waals surface area (Å²) in [7, 11) is 0. The number of fused-ring (bicyclic) bond motifs is 1. The molecule has 20 heavy (non-hydrogen) atoms. The lowest BCUT2D eigenvalue weighted by Gasteiger charge is -2.25. The summed E-state index contributed by atoms with van der Waals surface area (Å²) in [5, 5.41) is 3.62. The first-order chi connectivity index (χ1) is 9.70. The van der Waals surface area contributed by atoms with Gasteiger partial charge in [0.15, 0.2) is 0 Å². The molecule has 1 atom stereocenters. The first-order valence-electron chi connectivity index (χ1n) is 7.00. The van der Waals surface area contributed by atoms with Crippen molar-refractivity contribution in [2.45, 2.75) is 38.8 Å². The summed E-state index contributed by atoms with van der Waals surface area (Å²) in [6, 6.07) is 9.14. The lowest BCUT2D eigenvalue weighted by atomic mass is 9.88. The van der Waals surface area contributed by atoms with Gasteiger partial charge in [-0.15, -0.1) is 0 Å². The van der Waals surface area contributed by atoms with Crippen LogP contribution >= 0.6 is 15.9 Å². The van der Waals surface area contributed by atoms with Gasteiger partial charge in [0.05, 0.1) is 5.69 Å². The molecule has 0 spiro atoms. The molecule has 1 aliphatic rings. The standard InChI is InChI=1S/C16H18BrN3/c1-11-18-7-6-16(20-11)10-19-15-5-3-12-8-14(17)4-2-13(12)9-15/h2,4,6-8,15,19H,3,5,9-10H2,1H3. The number of benzene rings is 1. The summed E-state index contributed by atoms with van der Waals surface area (Å²) in [6.07, 6.45) is 5.27. The average Bonchev–Trinajstić information content (AvgIpc) is 2.45. The lowest BCUT2D eigenvalue weighted by molar-refractivity contribution is 0.454. The largest absolute Gasteiger partial charge is 0.308 e. The molecule has 0 radical (unpaired) electrons. The molecule has 1 aromatic carbocycles. The van der Waals surface area contributed by atoms with E-state index in [-0.39, 0.29) is 0 Å². The minimum Gasteiger partial charge on any atom is -0.308 e. The second kappa shape index (κ2) is 6.02. The van der Waals surface area contributed by atoms with E-state index in [1.54, 1.807) is 0 Å². The summed E-state index contributed by atoms with van der Waals surface area (Å²) < 4.78 is 1.18. The van der Waals surface area contributed by atoms with Crippen LogP contribution in [0, 0.1) is 6.92 Å². The van der Waals surface area contributed by atoms with Crippen molar-refractivity contribution in [1.29, 1.82) is 0 Å². The zero-order chi connectivity index (χ0) is 13.9. The van der Waals surface area contributed by atoms with E-state index in [0.717, 1.165) is 30.9 Å². The van der Waals surface area contributed by atoms with Crippen molar-refractivity contribution in [3.05, 3.63) is 57.6 Å². The molecule has 0 saturated heterocycles. The zero-order valence-electron chi connectivity index (χ0n) is 11.6. The number of aryl methyl sites for hydroxylation is 2. The van der Waals surface area contributed by atoms with Gasteiger partial charge in [-0.2, -0.15) is 0 Å². The van der Waals surface area contributed by atoms with Crippen LogP contribution in [0.25, 0.3) is 0 Å². The summed E-state index contributed by atoms with van der Waals surface area (Å²) in [5.74, 6) is 0.836. The molecule has 0 amide bonds. The third-order valence-corrected chi connectivity index (χ3v) is 4.30. The summed E-state index contributed by atoms with van der Waals surface area (Å²) in [4.78, 5) is 8.56. The Morgan fingerprint density at radius 3 is 3.05 bits per heavy atom. The van der Waals surface area contributed by atoms with Gasteiger partial charge in [0, 0.05) is 23.3 Å². The van der Waals surface area contributed by atoms with Gasteiger partial charge in [-0.1, -0.05) is 22.0 Å². The summed E-state index contributed by atoms with van der Waals surface area (Å²) in [6.45, 7) is 2.75. The van der Waals surface area contributed by atoms with Crippen molar-refractivity contribution in [2.24, 2.45) is 0 Å². The molecule has 4 heteroatoms. The van der Waals surface area contributed by atoms with E-state index in [4.69, 9.17) is 0 Å². The molecule has 1 heterocycles. The van der Waals surface area contributed by atoms with Crippen LogP contribution in [0.4, 0.5) is 0 Å². The third kappa shape index (κ3) is 3.25. The fourth-order valence-corrected chi connectivity index (χ4v) is 3.16. The minimum absolute atomic E-state index is 0.541. The average molecular weight is 332 g/mol. The molecule has 2 aromatic rings. The maximum Gasteiger partial charge on any atom is 0.125 e. The van der Waals surface area contributed by atoms with Gasteiger partial charge in [0.2, 0.25) is 0 Å². The number of nitrogens with zero attached hydrogens (tertiary/aromatic N) is 2. The second-order valence-corrected chi connectivity index (χ2v) is 6.24. The number of rotatable bonds is 3. The van der Waals surface area contributed by atoms with E-state index in [0.29, 0.717) is 6.04 Å². The predicted molar refractivity (Wildman–Crippen MR) is 83.6 cm³/mol. The predicted octanol–water partition coefficient (Wildman–Crippen LogP) is 3.19. The second-order valence-electron chi connectivity index (χ2n) is 5.33. The minimum atomic E-state index is 0.541. The highest BCUT2D eigenvalue weighted by atomic mass is 79.9. The zero-order valence-corrected chi connectivity index (χ0v) is 13.2. The molecule has 1 aliphatic carbocycles. The Kier molecular flexibility index (Phi) is 4.13. The molecule has 0 bridgehead atoms. The SMILES string of the molecule is Cc1nccc(CNC2CCc3cc(Br)ccc3C2)n1. The van der Waals surface area contributed by atoms with Gasteiger partial charge in [-0.05, 0) is 55.5 Å². The van der Waals surface area contributed by atoms with Crippen molar-refractivity contribution in [3.8, 4) is 0 Å². The summed E-state index contributed by atoms with van der Waals surface area (Å²) >= 11 is 3.54. The third-order valence-electron chi connectivity index (χ3n) is 3.80. The Morgan fingerprint density at radius 1 is 1.30 bits per heavy atom. The Bertz CT molecular complexity index is 612. The molecule has 0 saturated carbocycles. The highest BCUT2D eigenvalue weighted by Gasteiger charge is 2.18. The van der Waals surface area contributed by atoms with Crippen LogP contribution in [0.15, 0.2) is 34.9 Å². The Hall–Kier alpha value is -1.26. The molecule has 1 unspecified atom stereocenters. The Balaban J connectivity index is 1.62. The maximum absolute atomic E-state index is 4.43. The normalized spacial score (nSPS) is 17.8. The highest BCUT2D eigenvalue weighted by Crippen LogP contribution is 2.24. The van der Waals surface area contributed by atoms with Crippen LogP contribution in [-0.4, -0.2) is 16.0 Å². The monoisotopic (exact) mass is 331 g/mol. The molecule has 0 fully saturated rings. The summed E-state index contributed by atoms with van der Waals surface area (Å²) in [5.41, 5.74) is 4.02. The Labute approximate surface area is 128 Å². The van der Waals surface area contributed by atoms with E-state index in [1.807, 2.05) is 19.2 Å². The van der Waals surface area contributed by atoms with E-state index in [9.17, 15) is 0 Å². The van der Waals surface area contributed by atoms with Gasteiger partial charge >= 0.3 is 0 Å². The fourth-order valence-electron chi connectivity index (χ4n) is 2.75. The number of halogens is 1. The van der Waals surface area contributed by atoms with Crippen LogP contribution in [0.2, 0.25) is 0 Å². The fraction of sp³-hybridized carbons (Fsp3) is 0.375. The van der Waals surface area contributed by atoms with E-state index >= 15 is 0 Å². The first-order valence-corrected chi connectivity index (χ1v) is 7.79. The van der Waals surface area contributed by atoms with E-state index in [2.05, 4.69) is 49.4 Å². The number of hydrogen-bond acceptors (Lipinski definition) is 3. The van der Waals surface area contributed by atoms with Crippen LogP contribution in [0.5, 0.6) is 0 Å².